The maximum absolute atomic E-state index is 12.5. The zero-order valence-electron chi connectivity index (χ0n) is 12.1. The maximum Gasteiger partial charge on any atom is 0.270 e. The molecular formula is C13H21N3O4S. The first-order valence-electron chi connectivity index (χ1n) is 6.88. The van der Waals surface area contributed by atoms with E-state index in [1.54, 1.807) is 24.1 Å². The molecule has 0 spiro atoms. The molecule has 1 saturated heterocycles. The summed E-state index contributed by atoms with van der Waals surface area (Å²) >= 11 is 0. The molecule has 0 saturated carbocycles. The highest BCUT2D eigenvalue weighted by Crippen LogP contribution is 2.18. The molecular weight excluding hydrogens is 294 g/mol. The van der Waals surface area contributed by atoms with Crippen LogP contribution in [-0.4, -0.2) is 55.8 Å². The minimum atomic E-state index is -3.61. The van der Waals surface area contributed by atoms with Gasteiger partial charge in [-0.05, 0) is 25.0 Å². The van der Waals surface area contributed by atoms with Crippen LogP contribution < -0.4 is 5.14 Å². The Kier molecular flexibility index (Phi) is 5.02. The number of amides is 1. The minimum Gasteiger partial charge on any atom is -0.383 e. The summed E-state index contributed by atoms with van der Waals surface area (Å²) in [5.41, 5.74) is 0.544. The number of carbonyl (C=O) groups excluding carboxylic acids is 1. The van der Waals surface area contributed by atoms with Gasteiger partial charge in [0.1, 0.15) is 5.69 Å². The van der Waals surface area contributed by atoms with E-state index in [4.69, 9.17) is 9.88 Å². The predicted octanol–water partition coefficient (Wildman–Crippen LogP) is 0.0276. The lowest BCUT2D eigenvalue weighted by atomic mass is 10.1. The van der Waals surface area contributed by atoms with Crippen LogP contribution in [0, 0.1) is 0 Å². The number of hydrogen-bond acceptors (Lipinski definition) is 4. The van der Waals surface area contributed by atoms with Gasteiger partial charge in [0.15, 0.2) is 0 Å². The first-order valence-corrected chi connectivity index (χ1v) is 8.49. The predicted molar refractivity (Wildman–Crippen MR) is 78.3 cm³/mol. The lowest BCUT2D eigenvalue weighted by molar-refractivity contribution is 0.0713. The number of ether oxygens (including phenoxy) is 1. The molecule has 1 aromatic heterocycles. The number of nitrogens with two attached hydrogens (primary N) is 1. The van der Waals surface area contributed by atoms with E-state index in [9.17, 15) is 13.2 Å². The fourth-order valence-corrected chi connectivity index (χ4v) is 3.43. The molecule has 0 radical (unpaired) electrons. The largest absolute Gasteiger partial charge is 0.383 e. The summed E-state index contributed by atoms with van der Waals surface area (Å²) in [6.45, 7) is 1.80. The average Bonchev–Trinajstić information content (AvgIpc) is 2.92. The number of hydrogen-bond donors (Lipinski definition) is 1. The van der Waals surface area contributed by atoms with Crippen LogP contribution >= 0.6 is 0 Å². The second-order valence-corrected chi connectivity index (χ2v) is 7.03. The van der Waals surface area contributed by atoms with E-state index >= 15 is 0 Å². The van der Waals surface area contributed by atoms with Gasteiger partial charge in [-0.3, -0.25) is 4.79 Å². The second-order valence-electron chi connectivity index (χ2n) is 5.18. The summed E-state index contributed by atoms with van der Waals surface area (Å²) in [5, 5.41) is 4.53. The van der Waals surface area contributed by atoms with Crippen LogP contribution in [0.4, 0.5) is 0 Å². The Bertz CT molecular complexity index is 596. The number of nitrogens with zero attached hydrogens (tertiary/aromatic N) is 2. The molecule has 0 aliphatic carbocycles. The van der Waals surface area contributed by atoms with Crippen molar-refractivity contribution in [1.29, 1.82) is 0 Å². The monoisotopic (exact) mass is 315 g/mol. The Balaban J connectivity index is 2.11. The summed E-state index contributed by atoms with van der Waals surface area (Å²) < 4.78 is 29.8. The molecule has 118 valence electrons. The highest BCUT2D eigenvalue weighted by molar-refractivity contribution is 7.89. The molecule has 0 bridgehead atoms. The third-order valence-electron chi connectivity index (χ3n) is 3.71. The van der Waals surface area contributed by atoms with Crippen LogP contribution in [0.5, 0.6) is 0 Å². The van der Waals surface area contributed by atoms with Crippen molar-refractivity contribution in [1.82, 2.24) is 9.47 Å². The van der Waals surface area contributed by atoms with Gasteiger partial charge in [-0.25, -0.2) is 13.6 Å². The number of methoxy groups -OCH3 is 1. The third-order valence-corrected chi connectivity index (χ3v) is 5.03. The van der Waals surface area contributed by atoms with Gasteiger partial charge in [-0.1, -0.05) is 0 Å². The molecule has 7 nitrogen and oxygen atoms in total. The number of sulfonamides is 1. The molecule has 1 unspecified atom stereocenters. The summed E-state index contributed by atoms with van der Waals surface area (Å²) in [6, 6.07) is 3.53. The molecule has 1 amide bonds. The Morgan fingerprint density at radius 2 is 2.29 bits per heavy atom. The summed E-state index contributed by atoms with van der Waals surface area (Å²) in [7, 11) is -2.00. The Morgan fingerprint density at radius 1 is 1.52 bits per heavy atom. The van der Waals surface area contributed by atoms with Gasteiger partial charge in [0, 0.05) is 32.9 Å². The highest BCUT2D eigenvalue weighted by Gasteiger charge is 2.31. The molecule has 2 N–H and O–H groups in total. The van der Waals surface area contributed by atoms with Crippen molar-refractivity contribution in [3.63, 3.8) is 0 Å². The van der Waals surface area contributed by atoms with Crippen molar-refractivity contribution < 1.29 is 17.9 Å². The van der Waals surface area contributed by atoms with Gasteiger partial charge in [-0.2, -0.15) is 0 Å². The van der Waals surface area contributed by atoms with Gasteiger partial charge in [0.2, 0.25) is 10.0 Å². The smallest absolute Gasteiger partial charge is 0.270 e. The molecule has 21 heavy (non-hydrogen) atoms. The first kappa shape index (κ1) is 16.0. The van der Waals surface area contributed by atoms with E-state index in [2.05, 4.69) is 0 Å². The van der Waals surface area contributed by atoms with Gasteiger partial charge in [0.25, 0.3) is 5.91 Å². The number of primary sulfonamides is 1. The third kappa shape index (κ3) is 3.84. The van der Waals surface area contributed by atoms with Crippen molar-refractivity contribution >= 4 is 15.9 Å². The van der Waals surface area contributed by atoms with E-state index in [0.29, 0.717) is 38.2 Å². The van der Waals surface area contributed by atoms with Gasteiger partial charge >= 0.3 is 0 Å². The van der Waals surface area contributed by atoms with Gasteiger partial charge < -0.3 is 14.2 Å². The molecule has 8 heteroatoms. The number of carbonyl (C=O) groups is 1. The summed E-state index contributed by atoms with van der Waals surface area (Å²) in [4.78, 5) is 14.1. The van der Waals surface area contributed by atoms with Gasteiger partial charge in [-0.15, -0.1) is 0 Å². The number of piperidine rings is 1. The Labute approximate surface area is 124 Å². The molecule has 0 aromatic carbocycles. The zero-order chi connectivity index (χ0) is 15.5. The SMILES string of the molecule is COCCn1cccc1C(=O)N1CCCC(S(N)(=O)=O)C1. The summed E-state index contributed by atoms with van der Waals surface area (Å²) in [6.07, 6.45) is 2.96. The van der Waals surface area contributed by atoms with Crippen LogP contribution in [0.1, 0.15) is 23.3 Å². The fourth-order valence-electron chi connectivity index (χ4n) is 2.55. The zero-order valence-corrected chi connectivity index (χ0v) is 12.9. The Morgan fingerprint density at radius 3 is 2.95 bits per heavy atom. The average molecular weight is 315 g/mol. The van der Waals surface area contributed by atoms with E-state index in [1.807, 2.05) is 10.8 Å². The van der Waals surface area contributed by atoms with Crippen molar-refractivity contribution in [3.8, 4) is 0 Å². The lowest BCUT2D eigenvalue weighted by Gasteiger charge is -2.31. The van der Waals surface area contributed by atoms with Gasteiger partial charge in [0.05, 0.1) is 11.9 Å². The normalized spacial score (nSPS) is 19.7. The topological polar surface area (TPSA) is 94.6 Å². The van der Waals surface area contributed by atoms with Crippen LogP contribution in [0.15, 0.2) is 18.3 Å². The molecule has 1 atom stereocenters. The van der Waals surface area contributed by atoms with E-state index in [0.717, 1.165) is 0 Å². The van der Waals surface area contributed by atoms with E-state index in [1.165, 1.54) is 0 Å². The van der Waals surface area contributed by atoms with E-state index in [-0.39, 0.29) is 12.5 Å². The molecule has 1 aliphatic rings. The maximum atomic E-state index is 12.5. The van der Waals surface area contributed by atoms with Crippen LogP contribution in [0.3, 0.4) is 0 Å². The molecule has 2 rings (SSSR count). The van der Waals surface area contributed by atoms with Crippen LogP contribution in [-0.2, 0) is 21.3 Å². The number of rotatable bonds is 5. The molecule has 1 fully saturated rings. The van der Waals surface area contributed by atoms with Crippen molar-refractivity contribution in [2.45, 2.75) is 24.6 Å². The van der Waals surface area contributed by atoms with Crippen LogP contribution in [0.2, 0.25) is 0 Å². The minimum absolute atomic E-state index is 0.160. The summed E-state index contributed by atoms with van der Waals surface area (Å²) in [5.74, 6) is -0.163. The standard InChI is InChI=1S/C13H21N3O4S/c1-20-9-8-15-6-3-5-12(15)13(17)16-7-2-4-11(10-16)21(14,18)19/h3,5-6,11H,2,4,7-10H2,1H3,(H2,14,18,19). The fraction of sp³-hybridized carbons (Fsp3) is 0.615. The number of likely N-dealkylation sites (tertiary alicyclic amines) is 1. The van der Waals surface area contributed by atoms with Crippen LogP contribution in [0.25, 0.3) is 0 Å². The molecule has 1 aromatic rings. The lowest BCUT2D eigenvalue weighted by Crippen LogP contribution is -2.47. The molecule has 1 aliphatic heterocycles. The van der Waals surface area contributed by atoms with Crippen molar-refractivity contribution in [3.05, 3.63) is 24.0 Å². The second kappa shape index (κ2) is 6.59. The first-order chi connectivity index (χ1) is 9.93. The Hall–Kier alpha value is -1.38. The quantitative estimate of drug-likeness (QED) is 0.829. The number of aromatic nitrogens is 1. The highest BCUT2D eigenvalue weighted by atomic mass is 32.2. The van der Waals surface area contributed by atoms with Crippen molar-refractivity contribution in [2.24, 2.45) is 5.14 Å². The molecule has 2 heterocycles. The van der Waals surface area contributed by atoms with Crippen molar-refractivity contribution in [2.75, 3.05) is 26.8 Å². The van der Waals surface area contributed by atoms with E-state index < -0.39 is 15.3 Å².